The molecule has 0 bridgehead atoms. The minimum absolute atomic E-state index is 0. The predicted molar refractivity (Wildman–Crippen MR) is 189 cm³/mol. The van der Waals surface area contributed by atoms with Gasteiger partial charge in [0.15, 0.2) is 0 Å². The Kier molecular flexibility index (Phi) is 8.41. The van der Waals surface area contributed by atoms with E-state index in [0.717, 1.165) is 28.1 Å². The average Bonchev–Trinajstić information content (AvgIpc) is 3.40. The van der Waals surface area contributed by atoms with E-state index in [0.29, 0.717) is 11.5 Å². The summed E-state index contributed by atoms with van der Waals surface area (Å²) in [4.78, 5) is 9.60. The van der Waals surface area contributed by atoms with Gasteiger partial charge in [-0.05, 0) is 83.6 Å². The van der Waals surface area contributed by atoms with Gasteiger partial charge in [-0.1, -0.05) is 102 Å². The van der Waals surface area contributed by atoms with Gasteiger partial charge in [0.1, 0.15) is 0 Å². The summed E-state index contributed by atoms with van der Waals surface area (Å²) >= 11 is 0. The molecule has 0 saturated heterocycles. The quantitative estimate of drug-likeness (QED) is 0.157. The molecule has 1 aliphatic rings. The Morgan fingerprint density at radius 3 is 1.88 bits per heavy atom. The molecular formula is C44H32N2OPt. The molecule has 1 aliphatic carbocycles. The Morgan fingerprint density at radius 2 is 1.23 bits per heavy atom. The molecule has 0 radical (unpaired) electrons. The van der Waals surface area contributed by atoms with Crippen LogP contribution < -0.4 is 4.74 Å². The van der Waals surface area contributed by atoms with Gasteiger partial charge in [-0.2, -0.15) is 12.1 Å². The maximum Gasteiger partial charge on any atom is 2.00 e. The van der Waals surface area contributed by atoms with Gasteiger partial charge in [0, 0.05) is 23.9 Å². The van der Waals surface area contributed by atoms with E-state index in [1.165, 1.54) is 44.5 Å². The second-order valence-electron chi connectivity index (χ2n) is 12.2. The zero-order valence-corrected chi connectivity index (χ0v) is 29.2. The minimum atomic E-state index is -0.658. The van der Waals surface area contributed by atoms with Crippen molar-refractivity contribution in [3.05, 3.63) is 191 Å². The third kappa shape index (κ3) is 5.29. The second-order valence-corrected chi connectivity index (χ2v) is 12.2. The van der Waals surface area contributed by atoms with Crippen molar-refractivity contribution in [2.75, 3.05) is 0 Å². The molecule has 8 rings (SSSR count). The van der Waals surface area contributed by atoms with E-state index in [1.54, 1.807) is 0 Å². The first-order valence-corrected chi connectivity index (χ1v) is 15.9. The summed E-state index contributed by atoms with van der Waals surface area (Å²) in [6.45, 7) is 6.47. The third-order valence-corrected chi connectivity index (χ3v) is 9.14. The maximum atomic E-state index is 6.70. The standard InChI is InChI=1S/C44H32N2O.Pt/c1-29-23-30(2)43(31(3)24-29)33-25-32(41-19-8-10-21-45-41)26-36(27-33)47-35-14-12-13-34(28-35)44(42-20-9-11-22-46-42)39-17-6-4-15-37(39)38-16-5-7-18-40(38)44;/h4-25,27H,1-3H3;/q-2;+2. The predicted octanol–water partition coefficient (Wildman–Crippen LogP) is 10.5. The van der Waals surface area contributed by atoms with E-state index in [1.807, 2.05) is 48.8 Å². The van der Waals surface area contributed by atoms with Crippen molar-refractivity contribution in [3.8, 4) is 45.0 Å². The van der Waals surface area contributed by atoms with E-state index in [4.69, 9.17) is 9.72 Å². The van der Waals surface area contributed by atoms with Crippen LogP contribution in [0.3, 0.4) is 0 Å². The van der Waals surface area contributed by atoms with Gasteiger partial charge in [0.25, 0.3) is 0 Å². The van der Waals surface area contributed by atoms with E-state index in [2.05, 4.69) is 129 Å². The molecule has 0 N–H and O–H groups in total. The number of hydrogen-bond acceptors (Lipinski definition) is 3. The number of rotatable bonds is 6. The summed E-state index contributed by atoms with van der Waals surface area (Å²) in [5.74, 6) is 1.22. The average molecular weight is 800 g/mol. The fraction of sp³-hybridized carbons (Fsp3) is 0.0909. The van der Waals surface area contributed by atoms with Crippen molar-refractivity contribution in [1.29, 1.82) is 0 Å². The molecule has 4 heteroatoms. The Balaban J connectivity index is 0.00000364. The van der Waals surface area contributed by atoms with E-state index < -0.39 is 5.41 Å². The van der Waals surface area contributed by atoms with E-state index in [9.17, 15) is 0 Å². The van der Waals surface area contributed by atoms with Crippen LogP contribution >= 0.6 is 0 Å². The number of aromatic nitrogens is 2. The number of fused-ring (bicyclic) bond motifs is 3. The Bertz CT molecular complexity index is 2190. The summed E-state index contributed by atoms with van der Waals surface area (Å²) in [6.07, 6.45) is 3.68. The first-order chi connectivity index (χ1) is 23.0. The smallest absolute Gasteiger partial charge is 0.503 e. The van der Waals surface area contributed by atoms with Crippen LogP contribution in [-0.4, -0.2) is 9.97 Å². The van der Waals surface area contributed by atoms with Crippen LogP contribution in [0.5, 0.6) is 11.5 Å². The molecular weight excluding hydrogens is 768 g/mol. The van der Waals surface area contributed by atoms with Crippen LogP contribution in [0, 0.1) is 32.9 Å². The summed E-state index contributed by atoms with van der Waals surface area (Å²) in [5.41, 5.74) is 13.7. The normalized spacial score (nSPS) is 12.5. The van der Waals surface area contributed by atoms with Crippen LogP contribution in [0.4, 0.5) is 0 Å². The molecule has 5 aromatic carbocycles. The van der Waals surface area contributed by atoms with Gasteiger partial charge in [0.2, 0.25) is 0 Å². The van der Waals surface area contributed by atoms with Gasteiger partial charge in [0.05, 0.1) is 11.1 Å². The second kappa shape index (κ2) is 12.8. The van der Waals surface area contributed by atoms with Crippen LogP contribution in [0.15, 0.2) is 140 Å². The summed E-state index contributed by atoms with van der Waals surface area (Å²) < 4.78 is 6.70. The Hall–Kier alpha value is -5.11. The molecule has 0 unspecified atom stereocenters. The third-order valence-electron chi connectivity index (χ3n) is 9.14. The van der Waals surface area contributed by atoms with Crippen LogP contribution in [0.25, 0.3) is 33.5 Å². The molecule has 0 saturated carbocycles. The largest absolute Gasteiger partial charge is 2.00 e. The fourth-order valence-corrected chi connectivity index (χ4v) is 7.41. The SMILES string of the molecule is Cc1cc(C)c(-c2cc(Oc3[c-]c(C4(c5ccccn5)c5ccccc5-c5ccccc54)ccc3)[c-]c(-c3ccccn3)c2)c(C)c1.[Pt+2]. The number of benzene rings is 5. The van der Waals surface area contributed by atoms with Crippen molar-refractivity contribution in [3.63, 3.8) is 0 Å². The van der Waals surface area contributed by atoms with Crippen molar-refractivity contribution < 1.29 is 25.8 Å². The molecule has 0 amide bonds. The first kappa shape index (κ1) is 31.5. The van der Waals surface area contributed by atoms with Crippen molar-refractivity contribution in [2.45, 2.75) is 26.2 Å². The Morgan fingerprint density at radius 1 is 0.583 bits per heavy atom. The molecule has 2 aromatic heterocycles. The number of aryl methyl sites for hydroxylation is 3. The topological polar surface area (TPSA) is 35.0 Å². The van der Waals surface area contributed by atoms with Crippen molar-refractivity contribution >= 4 is 0 Å². The summed E-state index contributed by atoms with van der Waals surface area (Å²) in [5, 5.41) is 0. The van der Waals surface area contributed by atoms with Crippen LogP contribution in [0.1, 0.15) is 39.1 Å². The van der Waals surface area contributed by atoms with Crippen LogP contribution in [-0.2, 0) is 26.5 Å². The molecule has 0 spiro atoms. The molecule has 0 fully saturated rings. The summed E-state index contributed by atoms with van der Waals surface area (Å²) in [7, 11) is 0. The molecule has 0 atom stereocenters. The van der Waals surface area contributed by atoms with Crippen molar-refractivity contribution in [2.24, 2.45) is 0 Å². The van der Waals surface area contributed by atoms with Gasteiger partial charge in [-0.3, -0.25) is 4.98 Å². The molecule has 2 heterocycles. The molecule has 0 aliphatic heterocycles. The van der Waals surface area contributed by atoms with Crippen molar-refractivity contribution in [1.82, 2.24) is 9.97 Å². The van der Waals surface area contributed by atoms with Crippen LogP contribution in [0.2, 0.25) is 0 Å². The zero-order valence-electron chi connectivity index (χ0n) is 26.9. The maximum absolute atomic E-state index is 6.70. The summed E-state index contributed by atoms with van der Waals surface area (Å²) in [6, 6.07) is 51.4. The number of nitrogens with zero attached hydrogens (tertiary/aromatic N) is 2. The molecule has 7 aromatic rings. The zero-order chi connectivity index (χ0) is 32.0. The monoisotopic (exact) mass is 799 g/mol. The van der Waals surface area contributed by atoms with Gasteiger partial charge in [-0.15, -0.1) is 29.3 Å². The van der Waals surface area contributed by atoms with E-state index >= 15 is 0 Å². The Labute approximate surface area is 296 Å². The molecule has 234 valence electrons. The van der Waals surface area contributed by atoms with E-state index in [-0.39, 0.29) is 21.1 Å². The van der Waals surface area contributed by atoms with Gasteiger partial charge < -0.3 is 9.72 Å². The first-order valence-electron chi connectivity index (χ1n) is 15.9. The van der Waals surface area contributed by atoms with Gasteiger partial charge >= 0.3 is 21.1 Å². The fourth-order valence-electron chi connectivity index (χ4n) is 7.41. The molecule has 48 heavy (non-hydrogen) atoms. The number of ether oxygens (including phenoxy) is 1. The number of pyridine rings is 2. The minimum Gasteiger partial charge on any atom is -0.503 e. The molecule has 3 nitrogen and oxygen atoms in total. The van der Waals surface area contributed by atoms with Gasteiger partial charge in [-0.25, -0.2) is 0 Å². The number of hydrogen-bond donors (Lipinski definition) is 0.